The van der Waals surface area contributed by atoms with Crippen molar-refractivity contribution in [2.75, 3.05) is 13.1 Å². The van der Waals surface area contributed by atoms with Crippen LogP contribution in [0.1, 0.15) is 39.2 Å². The predicted molar refractivity (Wildman–Crippen MR) is 86.6 cm³/mol. The maximum Gasteiger partial charge on any atom is 0.407 e. The van der Waals surface area contributed by atoms with E-state index in [1.807, 2.05) is 18.2 Å². The molecule has 0 atom stereocenters. The molecule has 0 aliphatic rings. The molecule has 0 radical (unpaired) electrons. The number of alkyl carbamates (subject to hydrolysis) is 1. The number of carbonyl (C=O) groups is 2. The summed E-state index contributed by atoms with van der Waals surface area (Å²) in [6, 6.07) is 10.2. The van der Waals surface area contributed by atoms with Crippen LogP contribution in [-0.2, 0) is 16.0 Å². The Morgan fingerprint density at radius 1 is 1.05 bits per heavy atom. The molecule has 5 nitrogen and oxygen atoms in total. The van der Waals surface area contributed by atoms with Crippen molar-refractivity contribution in [1.29, 1.82) is 0 Å². The van der Waals surface area contributed by atoms with E-state index in [0.717, 1.165) is 12.8 Å². The zero-order valence-electron chi connectivity index (χ0n) is 13.6. The number of hydrogen-bond donors (Lipinski definition) is 2. The minimum atomic E-state index is -0.524. The van der Waals surface area contributed by atoms with E-state index in [-0.39, 0.29) is 18.9 Å². The van der Waals surface area contributed by atoms with Crippen LogP contribution in [0.3, 0.4) is 0 Å². The van der Waals surface area contributed by atoms with Gasteiger partial charge >= 0.3 is 6.09 Å². The molecule has 0 aliphatic heterocycles. The van der Waals surface area contributed by atoms with E-state index in [1.54, 1.807) is 20.8 Å². The highest BCUT2D eigenvalue weighted by Crippen LogP contribution is 2.06. The molecule has 0 saturated carbocycles. The van der Waals surface area contributed by atoms with E-state index in [0.29, 0.717) is 6.54 Å². The summed E-state index contributed by atoms with van der Waals surface area (Å²) in [5.74, 6) is -0.0656. The fraction of sp³-hybridized carbons (Fsp3) is 0.529. The summed E-state index contributed by atoms with van der Waals surface area (Å²) >= 11 is 0. The second-order valence-corrected chi connectivity index (χ2v) is 6.12. The van der Waals surface area contributed by atoms with Gasteiger partial charge in [0.05, 0.1) is 0 Å². The molecular weight excluding hydrogens is 280 g/mol. The van der Waals surface area contributed by atoms with Gasteiger partial charge in [-0.25, -0.2) is 4.79 Å². The lowest BCUT2D eigenvalue weighted by Crippen LogP contribution is -2.35. The molecule has 0 fully saturated rings. The highest BCUT2D eigenvalue weighted by atomic mass is 16.6. The van der Waals surface area contributed by atoms with E-state index < -0.39 is 11.7 Å². The third-order valence-corrected chi connectivity index (χ3v) is 2.83. The summed E-state index contributed by atoms with van der Waals surface area (Å²) < 4.78 is 5.09. The second-order valence-electron chi connectivity index (χ2n) is 6.12. The SMILES string of the molecule is CC(C)(C)OC(=O)NCCC(=O)NCCCc1ccccc1. The highest BCUT2D eigenvalue weighted by Gasteiger charge is 2.15. The van der Waals surface area contributed by atoms with Gasteiger partial charge in [0.1, 0.15) is 5.60 Å². The number of aryl methyl sites for hydroxylation is 1. The zero-order valence-corrected chi connectivity index (χ0v) is 13.6. The van der Waals surface area contributed by atoms with Crippen molar-refractivity contribution < 1.29 is 14.3 Å². The summed E-state index contributed by atoms with van der Waals surface area (Å²) in [5.41, 5.74) is 0.743. The van der Waals surface area contributed by atoms with E-state index in [9.17, 15) is 9.59 Å². The third-order valence-electron chi connectivity index (χ3n) is 2.83. The smallest absolute Gasteiger partial charge is 0.407 e. The average Bonchev–Trinajstić information content (AvgIpc) is 2.43. The summed E-state index contributed by atoms with van der Waals surface area (Å²) in [6.45, 7) is 6.31. The van der Waals surface area contributed by atoms with Gasteiger partial charge in [-0.05, 0) is 39.2 Å². The van der Waals surface area contributed by atoms with Crippen LogP contribution in [0.2, 0.25) is 0 Å². The molecule has 22 heavy (non-hydrogen) atoms. The molecule has 122 valence electrons. The van der Waals surface area contributed by atoms with Crippen LogP contribution in [0.4, 0.5) is 4.79 Å². The lowest BCUT2D eigenvalue weighted by molar-refractivity contribution is -0.120. The van der Waals surface area contributed by atoms with Crippen LogP contribution in [-0.4, -0.2) is 30.7 Å². The van der Waals surface area contributed by atoms with Gasteiger partial charge in [0.15, 0.2) is 0 Å². The Morgan fingerprint density at radius 3 is 2.36 bits per heavy atom. The van der Waals surface area contributed by atoms with Gasteiger partial charge in [-0.2, -0.15) is 0 Å². The lowest BCUT2D eigenvalue weighted by Gasteiger charge is -2.19. The van der Waals surface area contributed by atoms with E-state index in [1.165, 1.54) is 5.56 Å². The van der Waals surface area contributed by atoms with Gasteiger partial charge in [-0.3, -0.25) is 4.79 Å². The molecule has 1 aromatic rings. The largest absolute Gasteiger partial charge is 0.444 e. The molecule has 1 rings (SSSR count). The van der Waals surface area contributed by atoms with Crippen molar-refractivity contribution >= 4 is 12.0 Å². The van der Waals surface area contributed by atoms with Gasteiger partial charge in [0.25, 0.3) is 0 Å². The van der Waals surface area contributed by atoms with Gasteiger partial charge in [0, 0.05) is 19.5 Å². The van der Waals surface area contributed by atoms with Crippen molar-refractivity contribution in [2.24, 2.45) is 0 Å². The third kappa shape index (κ3) is 9.00. The number of amides is 2. The summed E-state index contributed by atoms with van der Waals surface area (Å²) in [7, 11) is 0. The number of carbonyl (C=O) groups excluding carboxylic acids is 2. The topological polar surface area (TPSA) is 67.4 Å². The zero-order chi connectivity index (χ0) is 16.4. The quantitative estimate of drug-likeness (QED) is 0.761. The molecule has 2 N–H and O–H groups in total. The molecule has 2 amide bonds. The molecule has 0 aliphatic carbocycles. The summed E-state index contributed by atoms with van der Waals surface area (Å²) in [6.07, 6.45) is 1.60. The first kappa shape index (κ1) is 18.0. The normalized spacial score (nSPS) is 10.9. The Kier molecular flexibility index (Phi) is 7.43. The molecule has 0 heterocycles. The van der Waals surface area contributed by atoms with Gasteiger partial charge < -0.3 is 15.4 Å². The van der Waals surface area contributed by atoms with Crippen molar-refractivity contribution in [1.82, 2.24) is 10.6 Å². The monoisotopic (exact) mass is 306 g/mol. The molecule has 0 spiro atoms. The van der Waals surface area contributed by atoms with Crippen LogP contribution < -0.4 is 10.6 Å². The van der Waals surface area contributed by atoms with E-state index in [2.05, 4.69) is 22.8 Å². The van der Waals surface area contributed by atoms with Crippen molar-refractivity contribution in [3.8, 4) is 0 Å². The fourth-order valence-corrected chi connectivity index (χ4v) is 1.85. The first-order chi connectivity index (χ1) is 10.4. The lowest BCUT2D eigenvalue weighted by atomic mass is 10.1. The Labute approximate surface area is 132 Å². The number of ether oxygens (including phenoxy) is 1. The molecule has 1 aromatic carbocycles. The van der Waals surface area contributed by atoms with Crippen LogP contribution >= 0.6 is 0 Å². The van der Waals surface area contributed by atoms with Gasteiger partial charge in [-0.15, -0.1) is 0 Å². The van der Waals surface area contributed by atoms with Crippen LogP contribution in [0.25, 0.3) is 0 Å². The first-order valence-electron chi connectivity index (χ1n) is 7.64. The molecular formula is C17H26N2O3. The molecule has 5 heteroatoms. The van der Waals surface area contributed by atoms with Crippen LogP contribution in [0.15, 0.2) is 30.3 Å². The Morgan fingerprint density at radius 2 is 1.73 bits per heavy atom. The standard InChI is InChI=1S/C17H26N2O3/c1-17(2,3)22-16(21)19-13-11-15(20)18-12-7-10-14-8-5-4-6-9-14/h4-6,8-9H,7,10-13H2,1-3H3,(H,18,20)(H,19,21). The van der Waals surface area contributed by atoms with Crippen molar-refractivity contribution in [3.63, 3.8) is 0 Å². The Bertz CT molecular complexity index is 467. The minimum Gasteiger partial charge on any atom is -0.444 e. The maximum atomic E-state index is 11.6. The molecule has 0 bridgehead atoms. The summed E-state index contributed by atoms with van der Waals surface area (Å²) in [5, 5.41) is 5.41. The average molecular weight is 306 g/mol. The fourth-order valence-electron chi connectivity index (χ4n) is 1.85. The minimum absolute atomic E-state index is 0.0656. The van der Waals surface area contributed by atoms with Gasteiger partial charge in [-0.1, -0.05) is 30.3 Å². The molecule has 0 saturated heterocycles. The highest BCUT2D eigenvalue weighted by molar-refractivity contribution is 5.76. The van der Waals surface area contributed by atoms with Crippen molar-refractivity contribution in [2.45, 2.75) is 45.6 Å². The Hall–Kier alpha value is -2.04. The number of benzene rings is 1. The van der Waals surface area contributed by atoms with Crippen LogP contribution in [0.5, 0.6) is 0 Å². The predicted octanol–water partition coefficient (Wildman–Crippen LogP) is 2.65. The second kappa shape index (κ2) is 9.07. The summed E-state index contributed by atoms with van der Waals surface area (Å²) in [4.78, 5) is 23.0. The molecule has 0 unspecified atom stereocenters. The molecule has 0 aromatic heterocycles. The Balaban J connectivity index is 2.05. The van der Waals surface area contributed by atoms with Gasteiger partial charge in [0.2, 0.25) is 5.91 Å². The van der Waals surface area contributed by atoms with Crippen LogP contribution in [0, 0.1) is 0 Å². The number of hydrogen-bond acceptors (Lipinski definition) is 3. The number of rotatable bonds is 7. The van der Waals surface area contributed by atoms with Crippen molar-refractivity contribution in [3.05, 3.63) is 35.9 Å². The van der Waals surface area contributed by atoms with E-state index >= 15 is 0 Å². The van der Waals surface area contributed by atoms with E-state index in [4.69, 9.17) is 4.74 Å². The maximum absolute atomic E-state index is 11.6. The number of nitrogens with one attached hydrogen (secondary N) is 2. The first-order valence-corrected chi connectivity index (χ1v) is 7.64.